The minimum atomic E-state index is -0.728. The Bertz CT molecular complexity index is 572. The van der Waals surface area contributed by atoms with E-state index in [0.29, 0.717) is 19.4 Å². The molecule has 1 saturated carbocycles. The number of carbonyl (C=O) groups is 2. The molecule has 0 radical (unpaired) electrons. The van der Waals surface area contributed by atoms with Crippen molar-refractivity contribution >= 4 is 27.9 Å². The fourth-order valence-electron chi connectivity index (χ4n) is 3.11. The average Bonchev–Trinajstić information content (AvgIpc) is 2.46. The zero-order chi connectivity index (χ0) is 17.0. The summed E-state index contributed by atoms with van der Waals surface area (Å²) < 4.78 is 1.04. The molecule has 1 aliphatic carbocycles. The van der Waals surface area contributed by atoms with Gasteiger partial charge >= 0.3 is 12.0 Å². The van der Waals surface area contributed by atoms with Crippen LogP contribution >= 0.6 is 15.9 Å². The highest BCUT2D eigenvalue weighted by Crippen LogP contribution is 2.24. The third-order valence-electron chi connectivity index (χ3n) is 4.50. The van der Waals surface area contributed by atoms with Gasteiger partial charge in [-0.15, -0.1) is 0 Å². The number of benzene rings is 1. The quantitative estimate of drug-likeness (QED) is 0.745. The fraction of sp³-hybridized carbons (Fsp3) is 0.529. The van der Waals surface area contributed by atoms with E-state index in [-0.39, 0.29) is 18.0 Å². The smallest absolute Gasteiger partial charge is 0.315 e. The Hall–Kier alpha value is -1.56. The molecule has 0 saturated heterocycles. The molecule has 0 aliphatic heterocycles. The molecule has 2 rings (SSSR count). The first-order valence-corrected chi connectivity index (χ1v) is 8.69. The topological polar surface area (TPSA) is 78.4 Å². The van der Waals surface area contributed by atoms with E-state index in [0.717, 1.165) is 34.0 Å². The maximum Gasteiger partial charge on any atom is 0.315 e. The van der Waals surface area contributed by atoms with Crippen LogP contribution in [0.4, 0.5) is 4.79 Å². The van der Waals surface area contributed by atoms with Crippen LogP contribution in [0.1, 0.15) is 42.4 Å². The number of nitrogens with one attached hydrogen (secondary N) is 2. The van der Waals surface area contributed by atoms with Crippen LogP contribution in [0, 0.1) is 19.8 Å². The molecule has 0 atom stereocenters. The van der Waals surface area contributed by atoms with Gasteiger partial charge in [0.2, 0.25) is 0 Å². The van der Waals surface area contributed by atoms with Crippen molar-refractivity contribution in [2.75, 3.05) is 0 Å². The van der Waals surface area contributed by atoms with Gasteiger partial charge in [0.25, 0.3) is 0 Å². The number of carboxylic acids is 1. The predicted octanol–water partition coefficient (Wildman–Crippen LogP) is 3.51. The van der Waals surface area contributed by atoms with Crippen LogP contribution in [0.3, 0.4) is 0 Å². The van der Waals surface area contributed by atoms with E-state index in [1.807, 2.05) is 26.0 Å². The van der Waals surface area contributed by atoms with Crippen molar-refractivity contribution < 1.29 is 14.7 Å². The largest absolute Gasteiger partial charge is 0.481 e. The lowest BCUT2D eigenvalue weighted by molar-refractivity contribution is -0.142. The predicted molar refractivity (Wildman–Crippen MR) is 92.4 cm³/mol. The minimum Gasteiger partial charge on any atom is -0.481 e. The molecule has 0 heterocycles. The maximum absolute atomic E-state index is 12.0. The van der Waals surface area contributed by atoms with Gasteiger partial charge in [-0.25, -0.2) is 4.79 Å². The minimum absolute atomic E-state index is 0.0673. The van der Waals surface area contributed by atoms with Gasteiger partial charge < -0.3 is 15.7 Å². The summed E-state index contributed by atoms with van der Waals surface area (Å²) in [6.07, 6.45) is 2.71. The molecule has 2 amide bonds. The Labute approximate surface area is 145 Å². The van der Waals surface area contributed by atoms with Gasteiger partial charge in [-0.3, -0.25) is 4.79 Å². The SMILES string of the molecule is Cc1cc(Br)cc(C)c1CNC(=O)NC1CCC(C(=O)O)CC1. The highest BCUT2D eigenvalue weighted by molar-refractivity contribution is 9.10. The number of carbonyl (C=O) groups excluding carboxylic acids is 1. The number of aryl methyl sites for hydroxylation is 2. The summed E-state index contributed by atoms with van der Waals surface area (Å²) in [6, 6.07) is 3.95. The highest BCUT2D eigenvalue weighted by Gasteiger charge is 2.26. The number of hydrogen-bond donors (Lipinski definition) is 3. The van der Waals surface area contributed by atoms with Crippen LogP contribution < -0.4 is 10.6 Å². The van der Waals surface area contributed by atoms with Gasteiger partial charge in [0.15, 0.2) is 0 Å². The summed E-state index contributed by atoms with van der Waals surface area (Å²) in [6.45, 7) is 4.54. The maximum atomic E-state index is 12.0. The van der Waals surface area contributed by atoms with Gasteiger partial charge in [0.05, 0.1) is 5.92 Å². The Morgan fingerprint density at radius 2 is 1.74 bits per heavy atom. The number of urea groups is 1. The zero-order valence-corrected chi connectivity index (χ0v) is 15.1. The molecule has 0 unspecified atom stereocenters. The summed E-state index contributed by atoms with van der Waals surface area (Å²) in [5.41, 5.74) is 3.40. The van der Waals surface area contributed by atoms with Crippen molar-refractivity contribution in [2.45, 2.75) is 52.1 Å². The lowest BCUT2D eigenvalue weighted by atomic mass is 9.86. The summed E-state index contributed by atoms with van der Waals surface area (Å²) in [4.78, 5) is 23.0. The molecule has 3 N–H and O–H groups in total. The van der Waals surface area contributed by atoms with Crippen LogP contribution in [-0.2, 0) is 11.3 Å². The van der Waals surface area contributed by atoms with Crippen LogP contribution in [0.25, 0.3) is 0 Å². The Balaban J connectivity index is 1.81. The fourth-order valence-corrected chi connectivity index (χ4v) is 3.80. The molecule has 126 valence electrons. The third-order valence-corrected chi connectivity index (χ3v) is 4.96. The number of rotatable bonds is 4. The van der Waals surface area contributed by atoms with Crippen LogP contribution in [0.15, 0.2) is 16.6 Å². The highest BCUT2D eigenvalue weighted by atomic mass is 79.9. The number of amides is 2. The Kier molecular flexibility index (Phi) is 6.04. The second-order valence-electron chi connectivity index (χ2n) is 6.23. The van der Waals surface area contributed by atoms with Crippen molar-refractivity contribution in [3.8, 4) is 0 Å². The van der Waals surface area contributed by atoms with E-state index in [1.54, 1.807) is 0 Å². The van der Waals surface area contributed by atoms with E-state index in [4.69, 9.17) is 5.11 Å². The first-order valence-electron chi connectivity index (χ1n) is 7.89. The van der Waals surface area contributed by atoms with Crippen molar-refractivity contribution in [3.05, 3.63) is 33.3 Å². The van der Waals surface area contributed by atoms with Crippen LogP contribution in [0.5, 0.6) is 0 Å². The molecule has 23 heavy (non-hydrogen) atoms. The van der Waals surface area contributed by atoms with E-state index in [9.17, 15) is 9.59 Å². The molecule has 5 nitrogen and oxygen atoms in total. The van der Waals surface area contributed by atoms with Gasteiger partial charge in [0, 0.05) is 17.1 Å². The van der Waals surface area contributed by atoms with E-state index >= 15 is 0 Å². The first-order chi connectivity index (χ1) is 10.9. The lowest BCUT2D eigenvalue weighted by Gasteiger charge is -2.27. The van der Waals surface area contributed by atoms with Crippen molar-refractivity contribution in [3.63, 3.8) is 0 Å². The van der Waals surface area contributed by atoms with E-state index in [2.05, 4.69) is 26.6 Å². The van der Waals surface area contributed by atoms with E-state index in [1.165, 1.54) is 0 Å². The van der Waals surface area contributed by atoms with Gasteiger partial charge in [-0.2, -0.15) is 0 Å². The molecule has 1 aliphatic rings. The first kappa shape index (κ1) is 17.8. The third kappa shape index (κ3) is 4.96. The molecule has 1 aromatic carbocycles. The summed E-state index contributed by atoms with van der Waals surface area (Å²) >= 11 is 3.47. The summed E-state index contributed by atoms with van der Waals surface area (Å²) in [5, 5.41) is 14.8. The van der Waals surface area contributed by atoms with Gasteiger partial charge in [-0.05, 0) is 68.4 Å². The van der Waals surface area contributed by atoms with Crippen molar-refractivity contribution in [1.82, 2.24) is 10.6 Å². The van der Waals surface area contributed by atoms with E-state index < -0.39 is 5.97 Å². The number of hydrogen-bond acceptors (Lipinski definition) is 2. The van der Waals surface area contributed by atoms with Crippen molar-refractivity contribution in [1.29, 1.82) is 0 Å². The number of halogens is 1. The van der Waals surface area contributed by atoms with Crippen LogP contribution in [-0.4, -0.2) is 23.1 Å². The molecule has 0 bridgehead atoms. The molecule has 0 spiro atoms. The summed E-state index contributed by atoms with van der Waals surface area (Å²) in [5.74, 6) is -0.988. The number of aliphatic carboxylic acids is 1. The Morgan fingerprint density at radius 1 is 1.17 bits per heavy atom. The molecule has 1 fully saturated rings. The standard InChI is InChI=1S/C17H23BrN2O3/c1-10-7-13(18)8-11(2)15(10)9-19-17(23)20-14-5-3-12(4-6-14)16(21)22/h7-8,12,14H,3-6,9H2,1-2H3,(H,21,22)(H2,19,20,23). The second-order valence-corrected chi connectivity index (χ2v) is 7.15. The molecular formula is C17H23BrN2O3. The molecule has 6 heteroatoms. The molecule has 0 aromatic heterocycles. The average molecular weight is 383 g/mol. The monoisotopic (exact) mass is 382 g/mol. The van der Waals surface area contributed by atoms with Gasteiger partial charge in [0.1, 0.15) is 0 Å². The van der Waals surface area contributed by atoms with Gasteiger partial charge in [-0.1, -0.05) is 15.9 Å². The lowest BCUT2D eigenvalue weighted by Crippen LogP contribution is -2.44. The number of carboxylic acid groups (broad SMARTS) is 1. The molecule has 1 aromatic rings. The summed E-state index contributed by atoms with van der Waals surface area (Å²) in [7, 11) is 0. The molecular weight excluding hydrogens is 360 g/mol. The second kappa shape index (κ2) is 7.81. The van der Waals surface area contributed by atoms with Crippen molar-refractivity contribution in [2.24, 2.45) is 5.92 Å². The zero-order valence-electron chi connectivity index (χ0n) is 13.5. The van der Waals surface area contributed by atoms with Crippen LogP contribution in [0.2, 0.25) is 0 Å². The normalized spacial score (nSPS) is 20.8. The Morgan fingerprint density at radius 3 is 2.26 bits per heavy atom.